The number of amides is 1. The van der Waals surface area contributed by atoms with Gasteiger partial charge in [0.2, 0.25) is 15.9 Å². The van der Waals surface area contributed by atoms with Gasteiger partial charge in [-0.3, -0.25) is 4.79 Å². The molecular weight excluding hydrogens is 340 g/mol. The van der Waals surface area contributed by atoms with Crippen molar-refractivity contribution < 1.29 is 17.9 Å². The topological polar surface area (TPSA) is 75.7 Å². The number of ether oxygens (including phenoxy) is 1. The van der Waals surface area contributed by atoms with Gasteiger partial charge in [-0.05, 0) is 42.3 Å². The number of hydrogen-bond acceptors (Lipinski definition) is 4. The Hall–Kier alpha value is -2.38. The molecule has 0 atom stereocenters. The highest BCUT2D eigenvalue weighted by Crippen LogP contribution is 2.19. The van der Waals surface area contributed by atoms with Crippen LogP contribution < -0.4 is 10.1 Å². The molecule has 1 amide bonds. The first-order valence-corrected chi connectivity index (χ1v) is 9.30. The molecular formula is C18H22N2O4S. The highest BCUT2D eigenvalue weighted by atomic mass is 32.2. The van der Waals surface area contributed by atoms with Crippen LogP contribution in [0.4, 0.5) is 5.69 Å². The molecule has 134 valence electrons. The van der Waals surface area contributed by atoms with Gasteiger partial charge in [0.1, 0.15) is 5.75 Å². The Labute approximate surface area is 148 Å². The van der Waals surface area contributed by atoms with Crippen molar-refractivity contribution in [1.82, 2.24) is 4.31 Å². The Morgan fingerprint density at radius 3 is 2.36 bits per heavy atom. The zero-order chi connectivity index (χ0) is 18.4. The Balaban J connectivity index is 2.09. The number of aryl methyl sites for hydroxylation is 1. The van der Waals surface area contributed by atoms with Crippen molar-refractivity contribution in [3.63, 3.8) is 0 Å². The first-order chi connectivity index (χ1) is 11.9. The van der Waals surface area contributed by atoms with Gasteiger partial charge < -0.3 is 10.1 Å². The zero-order valence-corrected chi connectivity index (χ0v) is 15.3. The second kappa shape index (κ2) is 8.13. The molecule has 0 aromatic heterocycles. The van der Waals surface area contributed by atoms with E-state index < -0.39 is 10.0 Å². The SMILES string of the molecule is CCc1ccccc1NC(=O)CN(C)S(=O)(=O)c1ccc(OC)cc1. The average Bonchev–Trinajstić information content (AvgIpc) is 2.62. The molecule has 1 N–H and O–H groups in total. The molecule has 0 saturated heterocycles. The molecule has 2 rings (SSSR count). The van der Waals surface area contributed by atoms with Gasteiger partial charge in [0.05, 0.1) is 18.6 Å². The van der Waals surface area contributed by atoms with Crippen LogP contribution in [0.2, 0.25) is 0 Å². The molecule has 7 heteroatoms. The molecule has 2 aromatic carbocycles. The summed E-state index contributed by atoms with van der Waals surface area (Å²) in [6, 6.07) is 13.5. The Bertz CT molecular complexity index is 832. The monoisotopic (exact) mass is 362 g/mol. The van der Waals surface area contributed by atoms with Crippen LogP contribution in [0.5, 0.6) is 5.75 Å². The molecule has 0 saturated carbocycles. The number of likely N-dealkylation sites (N-methyl/N-ethyl adjacent to an activating group) is 1. The van der Waals surface area contributed by atoms with Gasteiger partial charge in [0.25, 0.3) is 0 Å². The quantitative estimate of drug-likeness (QED) is 0.821. The van der Waals surface area contributed by atoms with Gasteiger partial charge in [0, 0.05) is 12.7 Å². The smallest absolute Gasteiger partial charge is 0.243 e. The van der Waals surface area contributed by atoms with E-state index in [1.165, 1.54) is 26.3 Å². The van der Waals surface area contributed by atoms with E-state index in [-0.39, 0.29) is 17.3 Å². The minimum atomic E-state index is -3.75. The first-order valence-electron chi connectivity index (χ1n) is 7.86. The number of benzene rings is 2. The Morgan fingerprint density at radius 2 is 1.76 bits per heavy atom. The van der Waals surface area contributed by atoms with Gasteiger partial charge in [-0.25, -0.2) is 8.42 Å². The predicted molar refractivity (Wildman–Crippen MR) is 97.3 cm³/mol. The van der Waals surface area contributed by atoms with E-state index in [9.17, 15) is 13.2 Å². The van der Waals surface area contributed by atoms with E-state index in [0.29, 0.717) is 11.4 Å². The standard InChI is InChI=1S/C18H22N2O4S/c1-4-14-7-5-6-8-17(14)19-18(21)13-20(2)25(22,23)16-11-9-15(24-3)10-12-16/h5-12H,4,13H2,1-3H3,(H,19,21). The van der Waals surface area contributed by atoms with E-state index in [1.54, 1.807) is 18.2 Å². The van der Waals surface area contributed by atoms with Crippen LogP contribution >= 0.6 is 0 Å². The molecule has 0 heterocycles. The molecule has 2 aromatic rings. The third kappa shape index (κ3) is 4.58. The van der Waals surface area contributed by atoms with E-state index in [2.05, 4.69) is 5.32 Å². The summed E-state index contributed by atoms with van der Waals surface area (Å²) >= 11 is 0. The van der Waals surface area contributed by atoms with Crippen LogP contribution in [0.15, 0.2) is 53.4 Å². The molecule has 0 aliphatic heterocycles. The number of carbonyl (C=O) groups excluding carboxylic acids is 1. The summed E-state index contributed by atoms with van der Waals surface area (Å²) in [5, 5.41) is 2.77. The summed E-state index contributed by atoms with van der Waals surface area (Å²) in [4.78, 5) is 12.3. The number of methoxy groups -OCH3 is 1. The fourth-order valence-corrected chi connectivity index (χ4v) is 3.48. The average molecular weight is 362 g/mol. The summed E-state index contributed by atoms with van der Waals surface area (Å²) < 4.78 is 31.1. The second-order valence-corrected chi connectivity index (χ2v) is 7.54. The maximum Gasteiger partial charge on any atom is 0.243 e. The summed E-state index contributed by atoms with van der Waals surface area (Å²) in [6.07, 6.45) is 0.774. The molecule has 25 heavy (non-hydrogen) atoms. The van der Waals surface area contributed by atoms with Gasteiger partial charge in [0.15, 0.2) is 0 Å². The van der Waals surface area contributed by atoms with Crippen LogP contribution in [0.3, 0.4) is 0 Å². The fraction of sp³-hybridized carbons (Fsp3) is 0.278. The zero-order valence-electron chi connectivity index (χ0n) is 14.5. The van der Waals surface area contributed by atoms with E-state index in [1.807, 2.05) is 25.1 Å². The lowest BCUT2D eigenvalue weighted by molar-refractivity contribution is -0.116. The van der Waals surface area contributed by atoms with Crippen molar-refractivity contribution in [1.29, 1.82) is 0 Å². The summed E-state index contributed by atoms with van der Waals surface area (Å²) in [6.45, 7) is 1.72. The summed E-state index contributed by atoms with van der Waals surface area (Å²) in [7, 11) is -0.862. The fourth-order valence-electron chi connectivity index (χ4n) is 2.36. The summed E-state index contributed by atoms with van der Waals surface area (Å²) in [5.74, 6) is 0.177. The highest BCUT2D eigenvalue weighted by molar-refractivity contribution is 7.89. The number of carbonyl (C=O) groups is 1. The first kappa shape index (κ1) is 19.0. The molecule has 0 radical (unpaired) electrons. The van der Waals surface area contributed by atoms with E-state index >= 15 is 0 Å². The molecule has 6 nitrogen and oxygen atoms in total. The lowest BCUT2D eigenvalue weighted by Crippen LogP contribution is -2.35. The number of para-hydroxylation sites is 1. The maximum absolute atomic E-state index is 12.5. The maximum atomic E-state index is 12.5. The number of nitrogens with zero attached hydrogens (tertiary/aromatic N) is 1. The largest absolute Gasteiger partial charge is 0.497 e. The minimum Gasteiger partial charge on any atom is -0.497 e. The molecule has 0 aliphatic rings. The van der Waals surface area contributed by atoms with Gasteiger partial charge in [-0.1, -0.05) is 25.1 Å². The van der Waals surface area contributed by atoms with Crippen LogP contribution in [-0.4, -0.2) is 39.3 Å². The molecule has 0 bridgehead atoms. The third-order valence-electron chi connectivity index (χ3n) is 3.81. The van der Waals surface area contributed by atoms with Gasteiger partial charge in [-0.15, -0.1) is 0 Å². The van der Waals surface area contributed by atoms with E-state index in [4.69, 9.17) is 4.74 Å². The summed E-state index contributed by atoms with van der Waals surface area (Å²) in [5.41, 5.74) is 1.70. The van der Waals surface area contributed by atoms with Crippen molar-refractivity contribution >= 4 is 21.6 Å². The molecule has 0 spiro atoms. The Morgan fingerprint density at radius 1 is 1.12 bits per heavy atom. The van der Waals surface area contributed by atoms with E-state index in [0.717, 1.165) is 16.3 Å². The van der Waals surface area contributed by atoms with Crippen molar-refractivity contribution in [2.45, 2.75) is 18.2 Å². The van der Waals surface area contributed by atoms with Gasteiger partial charge >= 0.3 is 0 Å². The van der Waals surface area contributed by atoms with Crippen molar-refractivity contribution in [3.05, 3.63) is 54.1 Å². The van der Waals surface area contributed by atoms with Crippen LogP contribution in [-0.2, 0) is 21.2 Å². The molecule has 0 aliphatic carbocycles. The highest BCUT2D eigenvalue weighted by Gasteiger charge is 2.23. The minimum absolute atomic E-state index is 0.109. The Kier molecular flexibility index (Phi) is 6.17. The predicted octanol–water partition coefficient (Wildman–Crippen LogP) is 2.52. The van der Waals surface area contributed by atoms with Crippen LogP contribution in [0.1, 0.15) is 12.5 Å². The number of sulfonamides is 1. The lowest BCUT2D eigenvalue weighted by atomic mass is 10.1. The van der Waals surface area contributed by atoms with Crippen LogP contribution in [0, 0.1) is 0 Å². The normalized spacial score (nSPS) is 11.4. The lowest BCUT2D eigenvalue weighted by Gasteiger charge is -2.17. The number of hydrogen-bond donors (Lipinski definition) is 1. The van der Waals surface area contributed by atoms with Crippen LogP contribution in [0.25, 0.3) is 0 Å². The molecule has 0 fully saturated rings. The number of anilines is 1. The number of rotatable bonds is 7. The third-order valence-corrected chi connectivity index (χ3v) is 5.62. The molecule has 0 unspecified atom stereocenters. The van der Waals surface area contributed by atoms with Gasteiger partial charge in [-0.2, -0.15) is 4.31 Å². The van der Waals surface area contributed by atoms with Crippen molar-refractivity contribution in [2.24, 2.45) is 0 Å². The second-order valence-electron chi connectivity index (χ2n) is 5.50. The number of nitrogens with one attached hydrogen (secondary N) is 1. The van der Waals surface area contributed by atoms with Crippen molar-refractivity contribution in [2.75, 3.05) is 26.0 Å². The van der Waals surface area contributed by atoms with Crippen molar-refractivity contribution in [3.8, 4) is 5.75 Å².